The van der Waals surface area contributed by atoms with E-state index in [1.807, 2.05) is 29.2 Å². The van der Waals surface area contributed by atoms with Crippen molar-refractivity contribution in [2.24, 2.45) is 0 Å². The third-order valence-electron chi connectivity index (χ3n) is 4.69. The van der Waals surface area contributed by atoms with Crippen molar-refractivity contribution in [2.75, 3.05) is 18.1 Å². The summed E-state index contributed by atoms with van der Waals surface area (Å²) in [5, 5.41) is 0.497. The van der Waals surface area contributed by atoms with Gasteiger partial charge < -0.3 is 14.4 Å². The fourth-order valence-electron chi connectivity index (χ4n) is 3.59. The molecule has 4 nitrogen and oxygen atoms in total. The predicted molar refractivity (Wildman–Crippen MR) is 97.9 cm³/mol. The minimum absolute atomic E-state index is 0.0722. The molecule has 25 heavy (non-hydrogen) atoms. The lowest BCUT2D eigenvalue weighted by atomic mass is 10.1. The molecule has 2 aliphatic rings. The molecule has 130 valence electrons. The number of benzene rings is 2. The van der Waals surface area contributed by atoms with Crippen molar-refractivity contribution in [3.63, 3.8) is 0 Å². The highest BCUT2D eigenvalue weighted by Gasteiger charge is 2.30. The van der Waals surface area contributed by atoms with Crippen molar-refractivity contribution in [2.45, 2.75) is 32.2 Å². The summed E-state index contributed by atoms with van der Waals surface area (Å²) in [6, 6.07) is 11.9. The number of ether oxygens (including phenoxy) is 2. The Labute approximate surface area is 152 Å². The molecule has 0 radical (unpaired) electrons. The first-order valence-electron chi connectivity index (χ1n) is 8.61. The van der Waals surface area contributed by atoms with Crippen LogP contribution >= 0.6 is 11.6 Å². The molecular weight excluding hydrogens is 338 g/mol. The quantitative estimate of drug-likeness (QED) is 0.814. The minimum atomic E-state index is 0.0722. The Morgan fingerprint density at radius 2 is 2.04 bits per heavy atom. The smallest absolute Gasteiger partial charge is 0.231 e. The van der Waals surface area contributed by atoms with E-state index in [1.54, 1.807) is 6.07 Å². The fraction of sp³-hybridized carbons (Fsp3) is 0.350. The van der Waals surface area contributed by atoms with Crippen LogP contribution in [0.5, 0.6) is 11.5 Å². The summed E-state index contributed by atoms with van der Waals surface area (Å²) in [6.07, 6.45) is 2.00. The maximum atomic E-state index is 12.9. The maximum absolute atomic E-state index is 12.9. The average Bonchev–Trinajstić information content (AvgIpc) is 2.75. The van der Waals surface area contributed by atoms with Gasteiger partial charge in [0.15, 0.2) is 11.5 Å². The molecule has 1 unspecified atom stereocenters. The Morgan fingerprint density at radius 3 is 2.92 bits per heavy atom. The van der Waals surface area contributed by atoms with Gasteiger partial charge in [0, 0.05) is 18.2 Å². The third-order valence-corrected chi connectivity index (χ3v) is 4.97. The van der Waals surface area contributed by atoms with E-state index in [4.69, 9.17) is 21.1 Å². The van der Waals surface area contributed by atoms with Gasteiger partial charge in [-0.25, -0.2) is 0 Å². The van der Waals surface area contributed by atoms with Crippen LogP contribution in [-0.2, 0) is 17.6 Å². The van der Waals surface area contributed by atoms with Crippen LogP contribution in [0.3, 0.4) is 0 Å². The Kier molecular flexibility index (Phi) is 4.30. The van der Waals surface area contributed by atoms with Crippen LogP contribution in [0, 0.1) is 0 Å². The molecule has 0 fully saturated rings. The Bertz CT molecular complexity index is 821. The molecule has 2 heterocycles. The van der Waals surface area contributed by atoms with E-state index in [0.29, 0.717) is 29.7 Å². The Morgan fingerprint density at radius 1 is 1.24 bits per heavy atom. The molecule has 2 aliphatic heterocycles. The monoisotopic (exact) mass is 357 g/mol. The molecule has 1 amide bonds. The van der Waals surface area contributed by atoms with E-state index >= 15 is 0 Å². The van der Waals surface area contributed by atoms with Crippen LogP contribution in [0.25, 0.3) is 0 Å². The molecule has 2 aromatic rings. The first-order valence-corrected chi connectivity index (χ1v) is 8.99. The molecule has 0 bridgehead atoms. The number of rotatable bonds is 2. The SMILES string of the molecule is CC1Cc2ccccc2N1C(=O)Cc1cc(Cl)c2c(c1)OCCCO2. The highest BCUT2D eigenvalue weighted by molar-refractivity contribution is 6.32. The van der Waals surface area contributed by atoms with Gasteiger partial charge >= 0.3 is 0 Å². The zero-order valence-electron chi connectivity index (χ0n) is 14.1. The fourth-order valence-corrected chi connectivity index (χ4v) is 3.88. The molecule has 1 atom stereocenters. The molecule has 0 saturated carbocycles. The van der Waals surface area contributed by atoms with Crippen LogP contribution in [0.15, 0.2) is 36.4 Å². The van der Waals surface area contributed by atoms with Crippen LogP contribution in [-0.4, -0.2) is 25.2 Å². The van der Waals surface area contributed by atoms with E-state index in [9.17, 15) is 4.79 Å². The molecule has 0 saturated heterocycles. The van der Waals surface area contributed by atoms with Crippen molar-refractivity contribution in [1.29, 1.82) is 0 Å². The van der Waals surface area contributed by atoms with Crippen molar-refractivity contribution in [3.8, 4) is 11.5 Å². The highest BCUT2D eigenvalue weighted by Crippen LogP contribution is 2.39. The number of para-hydroxylation sites is 1. The van der Waals surface area contributed by atoms with E-state index in [1.165, 1.54) is 5.56 Å². The van der Waals surface area contributed by atoms with E-state index in [0.717, 1.165) is 24.1 Å². The maximum Gasteiger partial charge on any atom is 0.231 e. The highest BCUT2D eigenvalue weighted by atomic mass is 35.5. The summed E-state index contributed by atoms with van der Waals surface area (Å²) in [7, 11) is 0. The van der Waals surface area contributed by atoms with Gasteiger partial charge in [-0.15, -0.1) is 0 Å². The van der Waals surface area contributed by atoms with Gasteiger partial charge in [-0.05, 0) is 42.7 Å². The molecular formula is C20H20ClNO3. The second-order valence-electron chi connectivity index (χ2n) is 6.58. The largest absolute Gasteiger partial charge is 0.489 e. The van der Waals surface area contributed by atoms with Gasteiger partial charge in [0.1, 0.15) is 0 Å². The number of halogens is 1. The van der Waals surface area contributed by atoms with Gasteiger partial charge in [0.05, 0.1) is 24.7 Å². The second kappa shape index (κ2) is 6.60. The molecule has 0 spiro atoms. The number of carbonyl (C=O) groups is 1. The zero-order chi connectivity index (χ0) is 17.4. The van der Waals surface area contributed by atoms with Crippen LogP contribution in [0.4, 0.5) is 5.69 Å². The first-order chi connectivity index (χ1) is 12.1. The summed E-state index contributed by atoms with van der Waals surface area (Å²) >= 11 is 6.34. The van der Waals surface area contributed by atoms with E-state index in [-0.39, 0.29) is 18.4 Å². The topological polar surface area (TPSA) is 38.8 Å². The number of anilines is 1. The summed E-state index contributed by atoms with van der Waals surface area (Å²) in [6.45, 7) is 3.27. The first kappa shape index (κ1) is 16.3. The summed E-state index contributed by atoms with van der Waals surface area (Å²) < 4.78 is 11.4. The number of carbonyl (C=O) groups excluding carboxylic acids is 1. The average molecular weight is 358 g/mol. The van der Waals surface area contributed by atoms with Crippen LogP contribution in [0.2, 0.25) is 5.02 Å². The molecule has 0 aliphatic carbocycles. The lowest BCUT2D eigenvalue weighted by Crippen LogP contribution is -2.36. The summed E-state index contributed by atoms with van der Waals surface area (Å²) in [5.74, 6) is 1.28. The van der Waals surface area contributed by atoms with E-state index in [2.05, 4.69) is 13.0 Å². The predicted octanol–water partition coefficient (Wildman–Crippen LogP) is 4.02. The van der Waals surface area contributed by atoms with Gasteiger partial charge in [0.25, 0.3) is 0 Å². The van der Waals surface area contributed by atoms with Crippen LogP contribution < -0.4 is 14.4 Å². The van der Waals surface area contributed by atoms with Crippen molar-refractivity contribution in [1.82, 2.24) is 0 Å². The number of hydrogen-bond donors (Lipinski definition) is 0. The molecule has 2 aromatic carbocycles. The molecule has 4 rings (SSSR count). The molecule has 5 heteroatoms. The summed E-state index contributed by atoms with van der Waals surface area (Å²) in [4.78, 5) is 14.8. The second-order valence-corrected chi connectivity index (χ2v) is 6.98. The lowest BCUT2D eigenvalue weighted by Gasteiger charge is -2.23. The Balaban J connectivity index is 1.59. The van der Waals surface area contributed by atoms with Gasteiger partial charge in [-0.3, -0.25) is 4.79 Å². The molecule has 0 aromatic heterocycles. The standard InChI is InChI=1S/C20H20ClNO3/c1-13-9-15-5-2-3-6-17(15)22(13)19(23)12-14-10-16(21)20-18(11-14)24-7-4-8-25-20/h2-3,5-6,10-11,13H,4,7-9,12H2,1H3. The van der Waals surface area contributed by atoms with Gasteiger partial charge in [-0.1, -0.05) is 29.8 Å². The number of nitrogens with zero attached hydrogens (tertiary/aromatic N) is 1. The van der Waals surface area contributed by atoms with Gasteiger partial charge in [0.2, 0.25) is 5.91 Å². The Hall–Kier alpha value is -2.20. The van der Waals surface area contributed by atoms with Crippen LogP contribution in [0.1, 0.15) is 24.5 Å². The summed E-state index contributed by atoms with van der Waals surface area (Å²) in [5.41, 5.74) is 3.08. The molecule has 0 N–H and O–H groups in total. The minimum Gasteiger partial charge on any atom is -0.489 e. The van der Waals surface area contributed by atoms with Gasteiger partial charge in [-0.2, -0.15) is 0 Å². The van der Waals surface area contributed by atoms with E-state index < -0.39 is 0 Å². The number of hydrogen-bond acceptors (Lipinski definition) is 3. The van der Waals surface area contributed by atoms with Crippen molar-refractivity contribution in [3.05, 3.63) is 52.5 Å². The van der Waals surface area contributed by atoms with Crippen molar-refractivity contribution >= 4 is 23.2 Å². The van der Waals surface area contributed by atoms with Crippen molar-refractivity contribution < 1.29 is 14.3 Å². The third kappa shape index (κ3) is 3.07. The number of amides is 1. The normalized spacial score (nSPS) is 18.6. The number of fused-ring (bicyclic) bond motifs is 2. The lowest BCUT2D eigenvalue weighted by molar-refractivity contribution is -0.118. The zero-order valence-corrected chi connectivity index (χ0v) is 14.9.